The van der Waals surface area contributed by atoms with E-state index in [2.05, 4.69) is 23.3 Å². The van der Waals surface area contributed by atoms with Crippen LogP contribution < -0.4 is 5.32 Å². The number of nitrogens with one attached hydrogen (secondary N) is 1. The highest BCUT2D eigenvalue weighted by Gasteiger charge is 2.21. The maximum atomic E-state index is 12.4. The number of rotatable bonds is 1. The molecular formula is C14H20ClN3O. The Morgan fingerprint density at radius 1 is 1.21 bits per heavy atom. The van der Waals surface area contributed by atoms with E-state index in [1.165, 1.54) is 11.3 Å². The number of likely N-dealkylation sites (N-methyl/N-ethyl adjacent to an activating group) is 1. The maximum Gasteiger partial charge on any atom is 0.253 e. The van der Waals surface area contributed by atoms with Crippen LogP contribution in [0.2, 0.25) is 0 Å². The van der Waals surface area contributed by atoms with Crippen LogP contribution in [0.3, 0.4) is 0 Å². The number of piperazine rings is 1. The molecule has 0 saturated carbocycles. The Bertz CT molecular complexity index is 470. The van der Waals surface area contributed by atoms with E-state index in [0.29, 0.717) is 0 Å². The lowest BCUT2D eigenvalue weighted by Gasteiger charge is -2.32. The smallest absolute Gasteiger partial charge is 0.253 e. The summed E-state index contributed by atoms with van der Waals surface area (Å²) in [6.45, 7) is 4.60. The first kappa shape index (κ1) is 14.2. The highest BCUT2D eigenvalue weighted by atomic mass is 35.5. The predicted molar refractivity (Wildman–Crippen MR) is 79.3 cm³/mol. The Hall–Kier alpha value is -1.26. The van der Waals surface area contributed by atoms with Crippen molar-refractivity contribution in [1.29, 1.82) is 0 Å². The Morgan fingerprint density at radius 2 is 1.95 bits per heavy atom. The molecule has 4 nitrogen and oxygen atoms in total. The van der Waals surface area contributed by atoms with Gasteiger partial charge in [-0.1, -0.05) is 0 Å². The van der Waals surface area contributed by atoms with Gasteiger partial charge in [-0.3, -0.25) is 4.79 Å². The summed E-state index contributed by atoms with van der Waals surface area (Å²) >= 11 is 0. The van der Waals surface area contributed by atoms with Crippen LogP contribution in [0, 0.1) is 0 Å². The summed E-state index contributed by atoms with van der Waals surface area (Å²) in [5, 5.41) is 3.32. The number of carbonyl (C=O) groups excluding carboxylic acids is 1. The van der Waals surface area contributed by atoms with E-state index in [1.54, 1.807) is 0 Å². The van der Waals surface area contributed by atoms with E-state index >= 15 is 0 Å². The second-order valence-corrected chi connectivity index (χ2v) is 5.14. The van der Waals surface area contributed by atoms with Gasteiger partial charge in [0, 0.05) is 44.0 Å². The zero-order valence-electron chi connectivity index (χ0n) is 11.2. The van der Waals surface area contributed by atoms with E-state index in [1.807, 2.05) is 17.0 Å². The van der Waals surface area contributed by atoms with E-state index in [0.717, 1.165) is 44.7 Å². The van der Waals surface area contributed by atoms with Crippen molar-refractivity contribution < 1.29 is 4.79 Å². The molecule has 0 aliphatic carbocycles. The van der Waals surface area contributed by atoms with Gasteiger partial charge in [0.2, 0.25) is 0 Å². The van der Waals surface area contributed by atoms with Gasteiger partial charge in [-0.15, -0.1) is 12.4 Å². The number of hydrogen-bond acceptors (Lipinski definition) is 3. The second-order valence-electron chi connectivity index (χ2n) is 5.14. The number of amides is 1. The minimum Gasteiger partial charge on any atom is -0.384 e. The van der Waals surface area contributed by atoms with Crippen molar-refractivity contribution in [2.24, 2.45) is 0 Å². The lowest BCUT2D eigenvalue weighted by atomic mass is 10.1. The quantitative estimate of drug-likeness (QED) is 0.847. The van der Waals surface area contributed by atoms with E-state index in [-0.39, 0.29) is 18.3 Å². The first-order valence-electron chi connectivity index (χ1n) is 6.58. The van der Waals surface area contributed by atoms with Crippen molar-refractivity contribution in [3.05, 3.63) is 29.3 Å². The predicted octanol–water partition coefficient (Wildman–Crippen LogP) is 1.46. The SMILES string of the molecule is CN1CCN(C(=O)c2ccc3c(c2)CCN3)CC1.Cl. The van der Waals surface area contributed by atoms with Crippen molar-refractivity contribution in [3.8, 4) is 0 Å². The number of halogens is 1. The van der Waals surface area contributed by atoms with Gasteiger partial charge in [0.15, 0.2) is 0 Å². The molecule has 0 radical (unpaired) electrons. The molecule has 0 aromatic heterocycles. The third-order valence-electron chi connectivity index (χ3n) is 3.85. The fourth-order valence-corrected chi connectivity index (χ4v) is 2.63. The maximum absolute atomic E-state index is 12.4. The molecule has 0 bridgehead atoms. The van der Waals surface area contributed by atoms with Crippen LogP contribution in [-0.4, -0.2) is 55.5 Å². The molecule has 2 heterocycles. The highest BCUT2D eigenvalue weighted by Crippen LogP contribution is 2.23. The monoisotopic (exact) mass is 281 g/mol. The van der Waals surface area contributed by atoms with Gasteiger partial charge in [-0.25, -0.2) is 0 Å². The average Bonchev–Trinajstić information content (AvgIpc) is 2.86. The van der Waals surface area contributed by atoms with Crippen LogP contribution in [0.1, 0.15) is 15.9 Å². The molecule has 2 aliphatic rings. The first-order valence-corrected chi connectivity index (χ1v) is 6.58. The molecule has 1 aromatic carbocycles. The normalized spacial score (nSPS) is 18.5. The average molecular weight is 282 g/mol. The summed E-state index contributed by atoms with van der Waals surface area (Å²) in [5.74, 6) is 0.179. The summed E-state index contributed by atoms with van der Waals surface area (Å²) in [6, 6.07) is 6.03. The molecule has 1 N–H and O–H groups in total. The Labute approximate surface area is 120 Å². The molecule has 5 heteroatoms. The molecule has 1 saturated heterocycles. The third-order valence-corrected chi connectivity index (χ3v) is 3.85. The fraction of sp³-hybridized carbons (Fsp3) is 0.500. The molecule has 3 rings (SSSR count). The molecule has 1 amide bonds. The van der Waals surface area contributed by atoms with Gasteiger partial charge in [0.05, 0.1) is 0 Å². The minimum atomic E-state index is 0. The first-order chi connectivity index (χ1) is 8.74. The fourth-order valence-electron chi connectivity index (χ4n) is 2.63. The van der Waals surface area contributed by atoms with Gasteiger partial charge < -0.3 is 15.1 Å². The van der Waals surface area contributed by atoms with Crippen molar-refractivity contribution in [2.45, 2.75) is 6.42 Å². The van der Waals surface area contributed by atoms with Gasteiger partial charge in [0.25, 0.3) is 5.91 Å². The zero-order chi connectivity index (χ0) is 12.5. The molecule has 0 spiro atoms. The number of anilines is 1. The van der Waals surface area contributed by atoms with Crippen molar-refractivity contribution in [1.82, 2.24) is 9.80 Å². The molecule has 1 aromatic rings. The number of hydrogen-bond donors (Lipinski definition) is 1. The van der Waals surface area contributed by atoms with Gasteiger partial charge in [0.1, 0.15) is 0 Å². The standard InChI is InChI=1S/C14H19N3O.ClH/c1-16-6-8-17(9-7-16)14(18)12-2-3-13-11(10-12)4-5-15-13;/h2-3,10,15H,4-9H2,1H3;1H. The summed E-state index contributed by atoms with van der Waals surface area (Å²) in [7, 11) is 2.10. The van der Waals surface area contributed by atoms with Gasteiger partial charge >= 0.3 is 0 Å². The van der Waals surface area contributed by atoms with Crippen LogP contribution in [-0.2, 0) is 6.42 Å². The number of benzene rings is 1. The number of fused-ring (bicyclic) bond motifs is 1. The van der Waals surface area contributed by atoms with Crippen LogP contribution in [0.25, 0.3) is 0 Å². The summed E-state index contributed by atoms with van der Waals surface area (Å²) in [4.78, 5) is 16.6. The molecular weight excluding hydrogens is 262 g/mol. The lowest BCUT2D eigenvalue weighted by Crippen LogP contribution is -2.47. The van der Waals surface area contributed by atoms with Crippen molar-refractivity contribution in [2.75, 3.05) is 45.1 Å². The van der Waals surface area contributed by atoms with Crippen LogP contribution in [0.5, 0.6) is 0 Å². The molecule has 19 heavy (non-hydrogen) atoms. The number of carbonyl (C=O) groups is 1. The molecule has 104 valence electrons. The van der Waals surface area contributed by atoms with Crippen LogP contribution in [0.15, 0.2) is 18.2 Å². The lowest BCUT2D eigenvalue weighted by molar-refractivity contribution is 0.0664. The second kappa shape index (κ2) is 5.80. The van der Waals surface area contributed by atoms with E-state index < -0.39 is 0 Å². The van der Waals surface area contributed by atoms with Crippen molar-refractivity contribution >= 4 is 24.0 Å². The van der Waals surface area contributed by atoms with Crippen molar-refractivity contribution in [3.63, 3.8) is 0 Å². The largest absolute Gasteiger partial charge is 0.384 e. The zero-order valence-corrected chi connectivity index (χ0v) is 12.0. The molecule has 2 aliphatic heterocycles. The Kier molecular flexibility index (Phi) is 4.32. The molecule has 0 atom stereocenters. The summed E-state index contributed by atoms with van der Waals surface area (Å²) < 4.78 is 0. The number of nitrogens with zero attached hydrogens (tertiary/aromatic N) is 2. The summed E-state index contributed by atoms with van der Waals surface area (Å²) in [6.07, 6.45) is 1.03. The minimum absolute atomic E-state index is 0. The Morgan fingerprint density at radius 3 is 2.68 bits per heavy atom. The van der Waals surface area contributed by atoms with Gasteiger partial charge in [-0.2, -0.15) is 0 Å². The third kappa shape index (κ3) is 2.85. The van der Waals surface area contributed by atoms with Crippen LogP contribution >= 0.6 is 12.4 Å². The molecule has 0 unspecified atom stereocenters. The van der Waals surface area contributed by atoms with Gasteiger partial charge in [-0.05, 0) is 37.2 Å². The summed E-state index contributed by atoms with van der Waals surface area (Å²) in [5.41, 5.74) is 3.29. The molecule has 1 fully saturated rings. The van der Waals surface area contributed by atoms with E-state index in [9.17, 15) is 4.79 Å². The van der Waals surface area contributed by atoms with E-state index in [4.69, 9.17) is 0 Å². The van der Waals surface area contributed by atoms with Crippen LogP contribution in [0.4, 0.5) is 5.69 Å². The topological polar surface area (TPSA) is 35.6 Å². The highest BCUT2D eigenvalue weighted by molar-refractivity contribution is 5.95. The Balaban J connectivity index is 0.00000133.